The molecule has 0 bridgehead atoms. The van der Waals surface area contributed by atoms with E-state index >= 15 is 0 Å². The van der Waals surface area contributed by atoms with Crippen LogP contribution in [0.5, 0.6) is 0 Å². The van der Waals surface area contributed by atoms with Gasteiger partial charge >= 0.3 is 0 Å². The zero-order valence-corrected chi connectivity index (χ0v) is 16.5. The summed E-state index contributed by atoms with van der Waals surface area (Å²) in [7, 11) is 0. The van der Waals surface area contributed by atoms with Crippen LogP contribution in [0.4, 0.5) is 4.39 Å². The number of hydrogen-bond acceptors (Lipinski definition) is 3. The number of rotatable bonds is 6. The Morgan fingerprint density at radius 3 is 2.32 bits per heavy atom. The number of Topliss-reactive ketones (excluding diaryl/α,β-unsaturated/α-hetero) is 1. The first kappa shape index (κ1) is 20.5. The number of halogens is 2. The maximum absolute atomic E-state index is 13.0. The first-order valence-electron chi connectivity index (χ1n) is 9.54. The number of nitrogens with zero attached hydrogens (tertiary/aromatic N) is 2. The van der Waals surface area contributed by atoms with Gasteiger partial charge in [0.1, 0.15) is 5.82 Å². The number of carbonyl (C=O) groups excluding carboxylic acids is 2. The molecule has 1 aliphatic rings. The molecule has 0 atom stereocenters. The highest BCUT2D eigenvalue weighted by Gasteiger charge is 2.20. The lowest BCUT2D eigenvalue weighted by Gasteiger charge is -2.22. The Hall–Kier alpha value is -2.24. The van der Waals surface area contributed by atoms with Gasteiger partial charge in [-0.05, 0) is 48.4 Å². The molecule has 3 rings (SSSR count). The minimum Gasteiger partial charge on any atom is -0.341 e. The fourth-order valence-electron chi connectivity index (χ4n) is 3.39. The normalized spacial score (nSPS) is 15.3. The highest BCUT2D eigenvalue weighted by molar-refractivity contribution is 6.30. The molecular formula is C22H24ClFN2O2. The predicted octanol–water partition coefficient (Wildman–Crippen LogP) is 4.18. The molecule has 0 N–H and O–H groups in total. The number of amides is 1. The highest BCUT2D eigenvalue weighted by atomic mass is 35.5. The zero-order chi connectivity index (χ0) is 19.9. The summed E-state index contributed by atoms with van der Waals surface area (Å²) in [6.45, 7) is 3.76. The Kier molecular flexibility index (Phi) is 7.18. The van der Waals surface area contributed by atoms with E-state index in [4.69, 9.17) is 11.6 Å². The van der Waals surface area contributed by atoms with Gasteiger partial charge < -0.3 is 4.90 Å². The minimum atomic E-state index is -0.232. The minimum absolute atomic E-state index is 0.0194. The van der Waals surface area contributed by atoms with Crippen LogP contribution in [-0.2, 0) is 11.3 Å². The summed E-state index contributed by atoms with van der Waals surface area (Å²) in [5.74, 6) is -0.256. The first-order valence-corrected chi connectivity index (χ1v) is 9.92. The molecule has 2 aromatic rings. The third-order valence-electron chi connectivity index (χ3n) is 4.99. The number of carbonyl (C=O) groups is 2. The van der Waals surface area contributed by atoms with Crippen LogP contribution in [0.2, 0.25) is 5.02 Å². The topological polar surface area (TPSA) is 40.6 Å². The molecule has 0 spiro atoms. The smallest absolute Gasteiger partial charge is 0.223 e. The van der Waals surface area contributed by atoms with E-state index in [9.17, 15) is 14.0 Å². The van der Waals surface area contributed by atoms with Crippen molar-refractivity contribution in [2.24, 2.45) is 0 Å². The lowest BCUT2D eigenvalue weighted by atomic mass is 10.1. The van der Waals surface area contributed by atoms with E-state index in [1.165, 1.54) is 12.1 Å². The van der Waals surface area contributed by atoms with Crippen molar-refractivity contribution in [1.82, 2.24) is 9.80 Å². The van der Waals surface area contributed by atoms with Gasteiger partial charge in [-0.15, -0.1) is 0 Å². The molecule has 1 saturated heterocycles. The van der Waals surface area contributed by atoms with Gasteiger partial charge in [0.25, 0.3) is 0 Å². The van der Waals surface area contributed by atoms with Crippen LogP contribution in [-0.4, -0.2) is 47.7 Å². The second-order valence-corrected chi connectivity index (χ2v) is 7.50. The summed E-state index contributed by atoms with van der Waals surface area (Å²) in [5, 5.41) is 0.586. The van der Waals surface area contributed by atoms with Crippen LogP contribution in [0.1, 0.15) is 35.2 Å². The van der Waals surface area contributed by atoms with Gasteiger partial charge in [-0.1, -0.05) is 23.7 Å². The standard InChI is InChI=1S/C22H24ClFN2O2/c23-19-6-4-18(5-7-19)21(27)10-11-22(28)26-13-1-12-25(14-15-26)16-17-2-8-20(24)9-3-17/h2-9H,1,10-16H2. The van der Waals surface area contributed by atoms with Crippen LogP contribution in [0.3, 0.4) is 0 Å². The van der Waals surface area contributed by atoms with Crippen molar-refractivity contribution in [3.8, 4) is 0 Å². The summed E-state index contributed by atoms with van der Waals surface area (Å²) in [5.41, 5.74) is 1.65. The molecule has 0 aromatic heterocycles. The van der Waals surface area contributed by atoms with Gasteiger partial charge in [-0.25, -0.2) is 4.39 Å². The van der Waals surface area contributed by atoms with Gasteiger partial charge in [0.05, 0.1) is 0 Å². The molecule has 6 heteroatoms. The van der Waals surface area contributed by atoms with Crippen molar-refractivity contribution in [2.75, 3.05) is 26.2 Å². The zero-order valence-electron chi connectivity index (χ0n) is 15.7. The average Bonchev–Trinajstić information content (AvgIpc) is 2.94. The van der Waals surface area contributed by atoms with Crippen LogP contribution >= 0.6 is 11.6 Å². The second kappa shape index (κ2) is 9.80. The molecular weight excluding hydrogens is 379 g/mol. The van der Waals surface area contributed by atoms with E-state index in [0.717, 1.165) is 31.6 Å². The van der Waals surface area contributed by atoms with E-state index in [0.29, 0.717) is 23.7 Å². The molecule has 1 fully saturated rings. The molecule has 0 aliphatic carbocycles. The molecule has 0 unspecified atom stereocenters. The fourth-order valence-corrected chi connectivity index (χ4v) is 3.51. The molecule has 0 saturated carbocycles. The van der Waals surface area contributed by atoms with Crippen molar-refractivity contribution in [3.05, 3.63) is 70.5 Å². The largest absolute Gasteiger partial charge is 0.341 e. The van der Waals surface area contributed by atoms with Gasteiger partial charge in [0, 0.05) is 56.2 Å². The highest BCUT2D eigenvalue weighted by Crippen LogP contribution is 2.14. The first-order chi connectivity index (χ1) is 13.5. The summed E-state index contributed by atoms with van der Waals surface area (Å²) >= 11 is 5.84. The fraction of sp³-hybridized carbons (Fsp3) is 0.364. The summed E-state index contributed by atoms with van der Waals surface area (Å²) in [6.07, 6.45) is 1.31. The van der Waals surface area contributed by atoms with Crippen molar-refractivity contribution < 1.29 is 14.0 Å². The SMILES string of the molecule is O=C(CCC(=O)N1CCCN(Cc2ccc(F)cc2)CC1)c1ccc(Cl)cc1. The van der Waals surface area contributed by atoms with E-state index < -0.39 is 0 Å². The maximum atomic E-state index is 13.0. The quantitative estimate of drug-likeness (QED) is 0.681. The van der Waals surface area contributed by atoms with Crippen molar-refractivity contribution in [2.45, 2.75) is 25.8 Å². The van der Waals surface area contributed by atoms with Gasteiger partial charge in [0.15, 0.2) is 5.78 Å². The average molecular weight is 403 g/mol. The van der Waals surface area contributed by atoms with Gasteiger partial charge in [-0.2, -0.15) is 0 Å². The summed E-state index contributed by atoms with van der Waals surface area (Å²) in [4.78, 5) is 28.9. The molecule has 28 heavy (non-hydrogen) atoms. The van der Waals surface area contributed by atoms with E-state index in [1.54, 1.807) is 36.4 Å². The Balaban J connectivity index is 1.46. The molecule has 4 nitrogen and oxygen atoms in total. The van der Waals surface area contributed by atoms with Crippen LogP contribution in [0, 0.1) is 5.82 Å². The Labute approximate surface area is 169 Å². The Morgan fingerprint density at radius 2 is 1.61 bits per heavy atom. The molecule has 1 heterocycles. The Morgan fingerprint density at radius 1 is 0.893 bits per heavy atom. The number of ketones is 1. The van der Waals surface area contributed by atoms with E-state index in [-0.39, 0.29) is 30.3 Å². The van der Waals surface area contributed by atoms with E-state index in [1.807, 2.05) is 4.90 Å². The van der Waals surface area contributed by atoms with Gasteiger partial charge in [-0.3, -0.25) is 14.5 Å². The van der Waals surface area contributed by atoms with Crippen molar-refractivity contribution >= 4 is 23.3 Å². The molecule has 2 aromatic carbocycles. The molecule has 1 aliphatic heterocycles. The maximum Gasteiger partial charge on any atom is 0.223 e. The summed E-state index contributed by atoms with van der Waals surface area (Å²) in [6, 6.07) is 13.3. The molecule has 0 radical (unpaired) electrons. The lowest BCUT2D eigenvalue weighted by Crippen LogP contribution is -2.35. The number of hydrogen-bond donors (Lipinski definition) is 0. The van der Waals surface area contributed by atoms with Gasteiger partial charge in [0.2, 0.25) is 5.91 Å². The van der Waals surface area contributed by atoms with Crippen molar-refractivity contribution in [1.29, 1.82) is 0 Å². The predicted molar refractivity (Wildman–Crippen MR) is 108 cm³/mol. The Bertz CT molecular complexity index is 808. The van der Waals surface area contributed by atoms with Crippen molar-refractivity contribution in [3.63, 3.8) is 0 Å². The molecule has 1 amide bonds. The third kappa shape index (κ3) is 5.88. The summed E-state index contributed by atoms with van der Waals surface area (Å²) < 4.78 is 13.0. The van der Waals surface area contributed by atoms with Crippen LogP contribution in [0.25, 0.3) is 0 Å². The monoisotopic (exact) mass is 402 g/mol. The van der Waals surface area contributed by atoms with Crippen LogP contribution in [0.15, 0.2) is 48.5 Å². The lowest BCUT2D eigenvalue weighted by molar-refractivity contribution is -0.131. The third-order valence-corrected chi connectivity index (χ3v) is 5.24. The molecule has 148 valence electrons. The number of benzene rings is 2. The second-order valence-electron chi connectivity index (χ2n) is 7.07. The van der Waals surface area contributed by atoms with E-state index in [2.05, 4.69) is 4.90 Å². The van der Waals surface area contributed by atoms with Crippen LogP contribution < -0.4 is 0 Å².